The Bertz CT molecular complexity index is 251. The van der Waals surface area contributed by atoms with Gasteiger partial charge >= 0.3 is 0 Å². The Hall–Kier alpha value is -0.870. The summed E-state index contributed by atoms with van der Waals surface area (Å²) in [6.07, 6.45) is 0. The van der Waals surface area contributed by atoms with Crippen LogP contribution < -0.4 is 15.0 Å². The van der Waals surface area contributed by atoms with Gasteiger partial charge in [-0.2, -0.15) is 0 Å². The molecule has 0 aromatic heterocycles. The molecular formula is C6H7N3S. The second-order valence-electron chi connectivity index (χ2n) is 2.04. The van der Waals surface area contributed by atoms with Crippen LogP contribution in [0.15, 0.2) is 24.3 Å². The van der Waals surface area contributed by atoms with Crippen molar-refractivity contribution >= 4 is 23.5 Å². The Morgan fingerprint density at radius 2 is 2.20 bits per heavy atom. The average Bonchev–Trinajstić information content (AvgIpc) is 2.34. The first-order chi connectivity index (χ1) is 4.88. The maximum atomic E-state index is 5.58. The smallest absolute Gasteiger partial charge is 0.0903 e. The summed E-state index contributed by atoms with van der Waals surface area (Å²) in [4.78, 5) is 0. The molecule has 3 N–H and O–H groups in total. The third kappa shape index (κ3) is 0.732. The molecule has 0 radical (unpaired) electrons. The molecule has 0 unspecified atom stereocenters. The molecule has 1 heterocycles. The molecule has 0 spiro atoms. The van der Waals surface area contributed by atoms with Gasteiger partial charge in [-0.3, -0.25) is 0 Å². The minimum atomic E-state index is 1.03. The molecule has 1 aliphatic heterocycles. The number of hydrogen-bond donors (Lipinski definition) is 2. The van der Waals surface area contributed by atoms with E-state index in [0.29, 0.717) is 0 Å². The Morgan fingerprint density at radius 3 is 3.00 bits per heavy atom. The van der Waals surface area contributed by atoms with Crippen molar-refractivity contribution < 1.29 is 0 Å². The van der Waals surface area contributed by atoms with E-state index in [1.165, 1.54) is 12.1 Å². The van der Waals surface area contributed by atoms with Crippen LogP contribution in [0.1, 0.15) is 0 Å². The van der Waals surface area contributed by atoms with E-state index in [-0.39, 0.29) is 0 Å². The van der Waals surface area contributed by atoms with Crippen LogP contribution in [0.3, 0.4) is 0 Å². The molecule has 1 aromatic rings. The van der Waals surface area contributed by atoms with Crippen molar-refractivity contribution in [2.45, 2.75) is 0 Å². The normalized spacial score (nSPS) is 14.7. The van der Waals surface area contributed by atoms with Crippen LogP contribution in [-0.2, 0) is 0 Å². The quantitative estimate of drug-likeness (QED) is 0.436. The molecule has 0 saturated heterocycles. The third-order valence-electron chi connectivity index (χ3n) is 1.40. The van der Waals surface area contributed by atoms with Crippen LogP contribution in [0.2, 0.25) is 0 Å². The van der Waals surface area contributed by atoms with Crippen molar-refractivity contribution in [3.8, 4) is 0 Å². The first kappa shape index (κ1) is 5.88. The van der Waals surface area contributed by atoms with Crippen LogP contribution in [0.5, 0.6) is 0 Å². The van der Waals surface area contributed by atoms with Crippen molar-refractivity contribution in [3.05, 3.63) is 24.3 Å². The molecule has 0 saturated carbocycles. The molecule has 10 heavy (non-hydrogen) atoms. The van der Waals surface area contributed by atoms with Crippen molar-refractivity contribution in [1.29, 1.82) is 0 Å². The minimum absolute atomic E-state index is 1.03. The maximum absolute atomic E-state index is 5.58. The summed E-state index contributed by atoms with van der Waals surface area (Å²) >= 11 is 1.39. The highest BCUT2D eigenvalue weighted by molar-refractivity contribution is 8.02. The predicted molar refractivity (Wildman–Crippen MR) is 44.3 cm³/mol. The summed E-state index contributed by atoms with van der Waals surface area (Å²) in [7, 11) is 0. The number of anilines is 2. The van der Waals surface area contributed by atoms with Gasteiger partial charge < -0.3 is 4.72 Å². The Labute approximate surface area is 63.4 Å². The number of fused-ring (bicyclic) bond motifs is 1. The van der Waals surface area contributed by atoms with Gasteiger partial charge in [-0.15, -0.1) is 0 Å². The zero-order chi connectivity index (χ0) is 6.97. The highest BCUT2D eigenvalue weighted by Gasteiger charge is 2.14. The molecule has 3 nitrogen and oxygen atoms in total. The van der Waals surface area contributed by atoms with E-state index >= 15 is 0 Å². The molecule has 0 atom stereocenters. The molecule has 0 bridgehead atoms. The van der Waals surface area contributed by atoms with Gasteiger partial charge in [0.1, 0.15) is 0 Å². The second kappa shape index (κ2) is 2.07. The molecule has 1 aliphatic rings. The van der Waals surface area contributed by atoms with Gasteiger partial charge in [0.05, 0.1) is 23.5 Å². The number of nitrogens with zero attached hydrogens (tertiary/aromatic N) is 1. The summed E-state index contributed by atoms with van der Waals surface area (Å²) in [5.41, 5.74) is 2.11. The van der Waals surface area contributed by atoms with E-state index < -0.39 is 0 Å². The van der Waals surface area contributed by atoms with Crippen LogP contribution in [0.4, 0.5) is 11.4 Å². The SMILES string of the molecule is NN1SNc2ccccc21. The molecule has 52 valence electrons. The number of nitrogens with one attached hydrogen (secondary N) is 1. The van der Waals surface area contributed by atoms with Gasteiger partial charge in [-0.1, -0.05) is 12.1 Å². The fraction of sp³-hybridized carbons (Fsp3) is 0. The highest BCUT2D eigenvalue weighted by Crippen LogP contribution is 2.35. The summed E-state index contributed by atoms with van der Waals surface area (Å²) in [6.45, 7) is 0. The first-order valence-corrected chi connectivity index (χ1v) is 3.72. The third-order valence-corrected chi connectivity index (χ3v) is 2.10. The zero-order valence-corrected chi connectivity index (χ0v) is 6.06. The highest BCUT2D eigenvalue weighted by atomic mass is 32.2. The van der Waals surface area contributed by atoms with E-state index in [2.05, 4.69) is 4.72 Å². The van der Waals surface area contributed by atoms with E-state index in [0.717, 1.165) is 11.4 Å². The van der Waals surface area contributed by atoms with E-state index in [9.17, 15) is 0 Å². The van der Waals surface area contributed by atoms with Crippen molar-refractivity contribution in [2.24, 2.45) is 5.84 Å². The second-order valence-corrected chi connectivity index (χ2v) is 2.82. The largest absolute Gasteiger partial charge is 0.309 e. The average molecular weight is 153 g/mol. The monoisotopic (exact) mass is 153 g/mol. The molecule has 0 aliphatic carbocycles. The Balaban J connectivity index is 2.51. The van der Waals surface area contributed by atoms with E-state index in [1.54, 1.807) is 4.41 Å². The lowest BCUT2D eigenvalue weighted by Crippen LogP contribution is -2.19. The van der Waals surface area contributed by atoms with Gasteiger partial charge in [0.25, 0.3) is 0 Å². The molecule has 1 aromatic carbocycles. The van der Waals surface area contributed by atoms with Crippen molar-refractivity contribution in [3.63, 3.8) is 0 Å². The summed E-state index contributed by atoms with van der Waals surface area (Å²) in [6, 6.07) is 7.91. The molecule has 0 amide bonds. The van der Waals surface area contributed by atoms with Crippen molar-refractivity contribution in [1.82, 2.24) is 0 Å². The maximum Gasteiger partial charge on any atom is 0.0903 e. The van der Waals surface area contributed by atoms with Crippen LogP contribution >= 0.6 is 12.1 Å². The fourth-order valence-electron chi connectivity index (χ4n) is 0.900. The van der Waals surface area contributed by atoms with Crippen LogP contribution in [0.25, 0.3) is 0 Å². The number of para-hydroxylation sites is 2. The number of nitrogens with two attached hydrogens (primary N) is 1. The summed E-state index contributed by atoms with van der Waals surface area (Å²) in [5.74, 6) is 5.58. The Morgan fingerprint density at radius 1 is 1.40 bits per heavy atom. The zero-order valence-electron chi connectivity index (χ0n) is 5.24. The summed E-state index contributed by atoms with van der Waals surface area (Å²) < 4.78 is 4.67. The summed E-state index contributed by atoms with van der Waals surface area (Å²) in [5, 5.41) is 0. The van der Waals surface area contributed by atoms with Crippen molar-refractivity contribution in [2.75, 3.05) is 9.14 Å². The minimum Gasteiger partial charge on any atom is -0.309 e. The van der Waals surface area contributed by atoms with Gasteiger partial charge in [0.15, 0.2) is 0 Å². The molecule has 2 rings (SSSR count). The molecule has 0 fully saturated rings. The Kier molecular flexibility index (Phi) is 1.22. The van der Waals surface area contributed by atoms with Gasteiger partial charge in [-0.25, -0.2) is 10.3 Å². The fourth-order valence-corrected chi connectivity index (χ4v) is 1.53. The van der Waals surface area contributed by atoms with Gasteiger partial charge in [-0.05, 0) is 12.1 Å². The first-order valence-electron chi connectivity index (χ1n) is 2.95. The number of benzene rings is 1. The van der Waals surface area contributed by atoms with Crippen LogP contribution in [0, 0.1) is 0 Å². The number of rotatable bonds is 0. The van der Waals surface area contributed by atoms with Gasteiger partial charge in [0, 0.05) is 0 Å². The molecular weight excluding hydrogens is 146 g/mol. The van der Waals surface area contributed by atoms with Gasteiger partial charge in [0.2, 0.25) is 0 Å². The lowest BCUT2D eigenvalue weighted by atomic mass is 10.3. The topological polar surface area (TPSA) is 41.3 Å². The van der Waals surface area contributed by atoms with E-state index in [1.807, 2.05) is 24.3 Å². The number of hydrazine groups is 1. The lowest BCUT2D eigenvalue weighted by molar-refractivity contribution is 1.23. The lowest BCUT2D eigenvalue weighted by Gasteiger charge is -2.04. The number of hydrogen-bond acceptors (Lipinski definition) is 4. The predicted octanol–water partition coefficient (Wildman–Crippen LogP) is 1.36. The van der Waals surface area contributed by atoms with Crippen LogP contribution in [-0.4, -0.2) is 0 Å². The standard InChI is InChI=1S/C6H7N3S/c7-9-6-4-2-1-3-5(6)8-10-9/h1-4,8H,7H2. The molecule has 4 heteroatoms. The van der Waals surface area contributed by atoms with E-state index in [4.69, 9.17) is 5.84 Å².